The molecule has 2 N–H and O–H groups in total. The molecule has 0 radical (unpaired) electrons. The molecule has 0 atom stereocenters. The molecule has 128 valence electrons. The van der Waals surface area contributed by atoms with Gasteiger partial charge in [-0.2, -0.15) is 0 Å². The van der Waals surface area contributed by atoms with Crippen LogP contribution in [-0.2, 0) is 13.0 Å². The maximum atomic E-state index is 13.0. The molecule has 3 aromatic heterocycles. The number of rotatable bonds is 6. The van der Waals surface area contributed by atoms with Crippen molar-refractivity contribution in [1.29, 1.82) is 0 Å². The second kappa shape index (κ2) is 7.08. The van der Waals surface area contributed by atoms with Gasteiger partial charge in [0.25, 0.3) is 5.91 Å². The Bertz CT molecular complexity index is 893. The summed E-state index contributed by atoms with van der Waals surface area (Å²) >= 11 is 0. The topological polar surface area (TPSA) is 104 Å². The van der Waals surface area contributed by atoms with Crippen molar-refractivity contribution in [2.45, 2.75) is 20.0 Å². The lowest BCUT2D eigenvalue weighted by Gasteiger charge is -2.08. The van der Waals surface area contributed by atoms with Crippen molar-refractivity contribution in [2.75, 3.05) is 0 Å². The highest BCUT2D eigenvalue weighted by molar-refractivity contribution is 5.93. The molecule has 0 aliphatic heterocycles. The van der Waals surface area contributed by atoms with Crippen LogP contribution < -0.4 is 10.5 Å². The highest BCUT2D eigenvalue weighted by Crippen LogP contribution is 2.22. The van der Waals surface area contributed by atoms with Crippen molar-refractivity contribution < 1.29 is 18.4 Å². The molecule has 0 bridgehead atoms. The van der Waals surface area contributed by atoms with Gasteiger partial charge in [-0.15, -0.1) is 0 Å². The molecule has 0 saturated carbocycles. The van der Waals surface area contributed by atoms with E-state index >= 15 is 0 Å². The van der Waals surface area contributed by atoms with Crippen molar-refractivity contribution in [3.63, 3.8) is 0 Å². The van der Waals surface area contributed by atoms with Crippen LogP contribution in [0.4, 0.5) is 4.39 Å². The number of aryl methyl sites for hydroxylation is 1. The first kappa shape index (κ1) is 16.6. The smallest absolute Gasteiger partial charge is 0.250 e. The Morgan fingerprint density at radius 3 is 2.84 bits per heavy atom. The molecule has 1 amide bonds. The van der Waals surface area contributed by atoms with Gasteiger partial charge in [0.1, 0.15) is 24.4 Å². The van der Waals surface area contributed by atoms with Crippen LogP contribution in [-0.4, -0.2) is 21.0 Å². The zero-order chi connectivity index (χ0) is 17.8. The second-order valence-corrected chi connectivity index (χ2v) is 5.20. The summed E-state index contributed by atoms with van der Waals surface area (Å²) in [4.78, 5) is 19.6. The van der Waals surface area contributed by atoms with E-state index in [-0.39, 0.29) is 6.61 Å². The van der Waals surface area contributed by atoms with Crippen molar-refractivity contribution in [1.82, 2.24) is 15.1 Å². The van der Waals surface area contributed by atoms with Crippen molar-refractivity contribution >= 4 is 5.91 Å². The van der Waals surface area contributed by atoms with Crippen molar-refractivity contribution in [2.24, 2.45) is 5.73 Å². The highest BCUT2D eigenvalue weighted by Gasteiger charge is 2.14. The van der Waals surface area contributed by atoms with Gasteiger partial charge in [-0.1, -0.05) is 12.1 Å². The lowest BCUT2D eigenvalue weighted by Crippen LogP contribution is -2.15. The third kappa shape index (κ3) is 3.63. The number of amides is 1. The number of nitrogens with zero attached hydrogens (tertiary/aromatic N) is 3. The van der Waals surface area contributed by atoms with Gasteiger partial charge in [0, 0.05) is 6.07 Å². The Morgan fingerprint density at radius 1 is 1.32 bits per heavy atom. The lowest BCUT2D eigenvalue weighted by atomic mass is 10.1. The van der Waals surface area contributed by atoms with Crippen LogP contribution >= 0.6 is 0 Å². The number of pyridine rings is 2. The van der Waals surface area contributed by atoms with E-state index in [0.717, 1.165) is 6.20 Å². The number of ether oxygens (including phenoxy) is 1. The number of carbonyl (C=O) groups excluding carboxylic acids is 1. The van der Waals surface area contributed by atoms with E-state index in [9.17, 15) is 9.18 Å². The Kier molecular flexibility index (Phi) is 4.69. The Hall–Kier alpha value is -3.29. The first-order chi connectivity index (χ1) is 12.1. The summed E-state index contributed by atoms with van der Waals surface area (Å²) in [6, 6.07) is 5.95. The first-order valence-electron chi connectivity index (χ1n) is 7.56. The summed E-state index contributed by atoms with van der Waals surface area (Å²) in [5.74, 6) is -0.614. The number of hydrogen-bond donors (Lipinski definition) is 1. The minimum atomic E-state index is -0.528. The van der Waals surface area contributed by atoms with Gasteiger partial charge in [0.15, 0.2) is 0 Å². The quantitative estimate of drug-likeness (QED) is 0.738. The van der Waals surface area contributed by atoms with Crippen LogP contribution in [0, 0.1) is 5.82 Å². The van der Waals surface area contributed by atoms with Crippen LogP contribution in [0.2, 0.25) is 0 Å². The molecule has 0 aliphatic rings. The molecule has 0 fully saturated rings. The Morgan fingerprint density at radius 2 is 2.16 bits per heavy atom. The summed E-state index contributed by atoms with van der Waals surface area (Å²) in [6.45, 7) is 2.00. The molecular weight excluding hydrogens is 327 g/mol. The normalized spacial score (nSPS) is 10.6. The summed E-state index contributed by atoms with van der Waals surface area (Å²) in [6.07, 6.45) is 3.08. The lowest BCUT2D eigenvalue weighted by molar-refractivity contribution is 0.0999. The van der Waals surface area contributed by atoms with Crippen LogP contribution in [0.25, 0.3) is 11.4 Å². The first-order valence-corrected chi connectivity index (χ1v) is 7.56. The van der Waals surface area contributed by atoms with E-state index in [2.05, 4.69) is 15.1 Å². The van der Waals surface area contributed by atoms with Gasteiger partial charge in [-0.05, 0) is 24.6 Å². The zero-order valence-electron chi connectivity index (χ0n) is 13.4. The van der Waals surface area contributed by atoms with Gasteiger partial charge >= 0.3 is 0 Å². The summed E-state index contributed by atoms with van der Waals surface area (Å²) in [5, 5.41) is 3.88. The molecule has 0 spiro atoms. The molecule has 0 saturated heterocycles. The molecule has 7 nitrogen and oxygen atoms in total. The molecule has 8 heteroatoms. The SMILES string of the molecule is CCc1nc(OCc2conc2-c2ccc(F)cn2)ccc1C(N)=O. The van der Waals surface area contributed by atoms with Gasteiger partial charge in [0.2, 0.25) is 5.88 Å². The van der Waals surface area contributed by atoms with E-state index in [1.54, 1.807) is 12.1 Å². The third-order valence-corrected chi connectivity index (χ3v) is 3.54. The minimum Gasteiger partial charge on any atom is -0.473 e. The van der Waals surface area contributed by atoms with E-state index in [4.69, 9.17) is 15.0 Å². The molecule has 3 rings (SSSR count). The highest BCUT2D eigenvalue weighted by atomic mass is 19.1. The fraction of sp³-hybridized carbons (Fsp3) is 0.176. The molecule has 3 heterocycles. The average Bonchev–Trinajstić information content (AvgIpc) is 3.08. The molecular formula is C17H15FN4O3. The molecule has 0 aliphatic carbocycles. The monoisotopic (exact) mass is 342 g/mol. The Balaban J connectivity index is 1.78. The fourth-order valence-electron chi connectivity index (χ4n) is 2.29. The molecule has 25 heavy (non-hydrogen) atoms. The number of halogens is 1. The second-order valence-electron chi connectivity index (χ2n) is 5.20. The van der Waals surface area contributed by atoms with Gasteiger partial charge in [-0.3, -0.25) is 9.78 Å². The van der Waals surface area contributed by atoms with Crippen LogP contribution in [0.1, 0.15) is 28.5 Å². The van der Waals surface area contributed by atoms with E-state index < -0.39 is 11.7 Å². The van der Waals surface area contributed by atoms with Gasteiger partial charge < -0.3 is 15.0 Å². The molecule has 0 unspecified atom stereocenters. The zero-order valence-corrected chi connectivity index (χ0v) is 13.4. The third-order valence-electron chi connectivity index (χ3n) is 3.54. The van der Waals surface area contributed by atoms with Gasteiger partial charge in [0.05, 0.1) is 28.7 Å². The number of aromatic nitrogens is 3. The minimum absolute atomic E-state index is 0.129. The molecule has 0 aromatic carbocycles. The van der Waals surface area contributed by atoms with Crippen molar-refractivity contribution in [3.8, 4) is 17.3 Å². The summed E-state index contributed by atoms with van der Waals surface area (Å²) < 4.78 is 23.6. The maximum Gasteiger partial charge on any atom is 0.250 e. The average molecular weight is 342 g/mol. The van der Waals surface area contributed by atoms with E-state index in [0.29, 0.717) is 40.5 Å². The van der Waals surface area contributed by atoms with Crippen LogP contribution in [0.5, 0.6) is 5.88 Å². The van der Waals surface area contributed by atoms with E-state index in [1.807, 2.05) is 6.92 Å². The van der Waals surface area contributed by atoms with Crippen molar-refractivity contribution in [3.05, 3.63) is 59.4 Å². The predicted octanol–water partition coefficient (Wildman–Crippen LogP) is 2.51. The van der Waals surface area contributed by atoms with Crippen LogP contribution in [0.15, 0.2) is 41.2 Å². The summed E-state index contributed by atoms with van der Waals surface area (Å²) in [5.41, 5.74) is 7.82. The number of nitrogens with two attached hydrogens (primary N) is 1. The number of hydrogen-bond acceptors (Lipinski definition) is 6. The number of carbonyl (C=O) groups is 1. The maximum absolute atomic E-state index is 13.0. The van der Waals surface area contributed by atoms with E-state index in [1.165, 1.54) is 18.4 Å². The largest absolute Gasteiger partial charge is 0.473 e. The predicted molar refractivity (Wildman–Crippen MR) is 86.2 cm³/mol. The summed E-state index contributed by atoms with van der Waals surface area (Å²) in [7, 11) is 0. The number of primary amides is 1. The fourth-order valence-corrected chi connectivity index (χ4v) is 2.29. The molecule has 3 aromatic rings. The van der Waals surface area contributed by atoms with Gasteiger partial charge in [-0.25, -0.2) is 9.37 Å². The standard InChI is InChI=1S/C17H15FN4O3/c1-2-13-12(17(19)23)4-6-15(21-13)24-8-10-9-25-22-16(10)14-5-3-11(18)7-20-14/h3-7,9H,2,8H2,1H3,(H2,19,23). The Labute approximate surface area is 142 Å². The van der Waals surface area contributed by atoms with Crippen LogP contribution in [0.3, 0.4) is 0 Å².